The molecule has 0 spiro atoms. The molecule has 4 aliphatic rings. The van der Waals surface area contributed by atoms with Crippen molar-refractivity contribution in [3.05, 3.63) is 27.3 Å². The molecular formula is C23H30ClIO4. The van der Waals surface area contributed by atoms with Crippen molar-refractivity contribution in [2.45, 2.75) is 58.0 Å². The van der Waals surface area contributed by atoms with Crippen LogP contribution in [0.25, 0.3) is 0 Å². The van der Waals surface area contributed by atoms with Gasteiger partial charge in [0.05, 0.1) is 10.2 Å². The summed E-state index contributed by atoms with van der Waals surface area (Å²) in [7, 11) is 0. The smallest absolute Gasteiger partial charge is 0.342 e. The number of rotatable bonds is 8. The lowest BCUT2D eigenvalue weighted by molar-refractivity contribution is -0.164. The molecule has 0 aromatic heterocycles. The average molecular weight is 533 g/mol. The Bertz CT molecular complexity index is 728. The predicted molar refractivity (Wildman–Crippen MR) is 121 cm³/mol. The van der Waals surface area contributed by atoms with Crippen molar-refractivity contribution >= 4 is 40.2 Å². The van der Waals surface area contributed by atoms with E-state index in [9.17, 15) is 4.79 Å². The third kappa shape index (κ3) is 4.29. The van der Waals surface area contributed by atoms with E-state index in [1.165, 1.54) is 38.5 Å². The molecule has 0 saturated heterocycles. The second kappa shape index (κ2) is 8.54. The van der Waals surface area contributed by atoms with E-state index in [0.717, 1.165) is 21.3 Å². The van der Waals surface area contributed by atoms with Crippen LogP contribution in [0.1, 0.15) is 62.7 Å². The minimum absolute atomic E-state index is 0.120. The normalized spacial score (nSPS) is 30.4. The van der Waals surface area contributed by atoms with Gasteiger partial charge in [0.15, 0.2) is 0 Å². The molecule has 29 heavy (non-hydrogen) atoms. The lowest BCUT2D eigenvalue weighted by atomic mass is 9.46. The first-order chi connectivity index (χ1) is 13.8. The molecule has 6 heteroatoms. The standard InChI is InChI=1S/C23H30ClIO4/c1-22(2,23-11-15-8-16(12-23)10-17(9-15)13-23)29-21(26)18-4-3-5-19(25)20(18)28-7-6-27-14-24/h3-5,15-17H,6-14H2,1-2H3. The van der Waals surface area contributed by atoms with Gasteiger partial charge < -0.3 is 14.2 Å². The van der Waals surface area contributed by atoms with E-state index in [1.807, 2.05) is 12.1 Å². The van der Waals surface area contributed by atoms with Gasteiger partial charge in [-0.25, -0.2) is 4.79 Å². The second-order valence-electron chi connectivity index (χ2n) is 9.58. The van der Waals surface area contributed by atoms with E-state index in [0.29, 0.717) is 24.5 Å². The van der Waals surface area contributed by atoms with Crippen LogP contribution in [0, 0.1) is 26.7 Å². The zero-order chi connectivity index (χ0) is 20.6. The van der Waals surface area contributed by atoms with Gasteiger partial charge in [0.25, 0.3) is 0 Å². The molecule has 0 amide bonds. The van der Waals surface area contributed by atoms with Crippen LogP contribution >= 0.6 is 34.2 Å². The highest BCUT2D eigenvalue weighted by Crippen LogP contribution is 2.64. The fourth-order valence-electron chi connectivity index (χ4n) is 6.32. The zero-order valence-electron chi connectivity index (χ0n) is 17.2. The SMILES string of the molecule is CC(C)(OC(=O)c1cccc(I)c1OCCOCCl)C12CC3CC(CC(C3)C1)C2. The maximum atomic E-state index is 13.3. The summed E-state index contributed by atoms with van der Waals surface area (Å²) in [5.74, 6) is 2.73. The van der Waals surface area contributed by atoms with E-state index in [1.54, 1.807) is 6.07 Å². The van der Waals surface area contributed by atoms with E-state index >= 15 is 0 Å². The second-order valence-corrected chi connectivity index (χ2v) is 11.0. The van der Waals surface area contributed by atoms with Crippen LogP contribution in [0.4, 0.5) is 0 Å². The Hall–Kier alpha value is -0.530. The van der Waals surface area contributed by atoms with Crippen molar-refractivity contribution in [3.63, 3.8) is 0 Å². The van der Waals surface area contributed by atoms with Gasteiger partial charge in [-0.3, -0.25) is 0 Å². The number of ether oxygens (including phenoxy) is 3. The molecule has 0 N–H and O–H groups in total. The van der Waals surface area contributed by atoms with Crippen LogP contribution in [0.15, 0.2) is 18.2 Å². The molecule has 4 fully saturated rings. The fraction of sp³-hybridized carbons (Fsp3) is 0.696. The molecule has 0 heterocycles. The highest BCUT2D eigenvalue weighted by Gasteiger charge is 2.58. The number of hydrogen-bond acceptors (Lipinski definition) is 4. The molecule has 160 valence electrons. The van der Waals surface area contributed by atoms with Crippen molar-refractivity contribution in [3.8, 4) is 5.75 Å². The van der Waals surface area contributed by atoms with Gasteiger partial charge in [-0.2, -0.15) is 0 Å². The van der Waals surface area contributed by atoms with E-state index in [2.05, 4.69) is 36.4 Å². The molecule has 4 nitrogen and oxygen atoms in total. The molecular weight excluding hydrogens is 503 g/mol. The fourth-order valence-corrected chi connectivity index (χ4v) is 7.08. The van der Waals surface area contributed by atoms with Crippen molar-refractivity contribution in [2.24, 2.45) is 23.2 Å². The predicted octanol–water partition coefficient (Wildman–Crippen LogP) is 6.03. The van der Waals surface area contributed by atoms with E-state index < -0.39 is 5.60 Å². The van der Waals surface area contributed by atoms with Gasteiger partial charge >= 0.3 is 5.97 Å². The topological polar surface area (TPSA) is 44.8 Å². The van der Waals surface area contributed by atoms with Crippen molar-refractivity contribution in [1.29, 1.82) is 0 Å². The summed E-state index contributed by atoms with van der Waals surface area (Å²) >= 11 is 7.74. The van der Waals surface area contributed by atoms with Gasteiger partial charge in [0.2, 0.25) is 0 Å². The minimum Gasteiger partial charge on any atom is -0.489 e. The summed E-state index contributed by atoms with van der Waals surface area (Å²) in [5.41, 5.74) is 0.121. The Kier molecular flexibility index (Phi) is 6.39. The molecule has 4 bridgehead atoms. The maximum Gasteiger partial charge on any atom is 0.342 e. The molecule has 0 atom stereocenters. The van der Waals surface area contributed by atoms with Crippen LogP contribution in [-0.2, 0) is 9.47 Å². The third-order valence-corrected chi connectivity index (χ3v) is 8.41. The van der Waals surface area contributed by atoms with Crippen LogP contribution in [0.5, 0.6) is 5.75 Å². The van der Waals surface area contributed by atoms with Gasteiger partial charge in [-0.15, -0.1) is 0 Å². The molecule has 0 radical (unpaired) electrons. The molecule has 4 saturated carbocycles. The molecule has 1 aromatic carbocycles. The maximum absolute atomic E-state index is 13.3. The lowest BCUT2D eigenvalue weighted by Gasteiger charge is -2.61. The minimum atomic E-state index is -0.486. The number of benzene rings is 1. The first-order valence-electron chi connectivity index (χ1n) is 10.6. The summed E-state index contributed by atoms with van der Waals surface area (Å²) < 4.78 is 18.1. The zero-order valence-corrected chi connectivity index (χ0v) is 20.1. The summed E-state index contributed by atoms with van der Waals surface area (Å²) in [6.07, 6.45) is 7.73. The Morgan fingerprint density at radius 2 is 1.76 bits per heavy atom. The molecule has 0 aliphatic heterocycles. The summed E-state index contributed by atoms with van der Waals surface area (Å²) in [6.45, 7) is 4.97. The number of alkyl halides is 1. The number of carbonyl (C=O) groups is 1. The Labute approximate surface area is 192 Å². The quantitative estimate of drug-likeness (QED) is 0.177. The summed E-state index contributed by atoms with van der Waals surface area (Å²) in [5, 5.41) is 0. The van der Waals surface area contributed by atoms with Crippen LogP contribution in [-0.4, -0.2) is 30.9 Å². The van der Waals surface area contributed by atoms with Crippen LogP contribution < -0.4 is 4.74 Å². The first-order valence-corrected chi connectivity index (χ1v) is 12.2. The molecule has 0 unspecified atom stereocenters. The Balaban J connectivity index is 1.51. The third-order valence-electron chi connectivity index (χ3n) is 7.40. The number of halogens is 2. The molecule has 4 aliphatic carbocycles. The molecule has 5 rings (SSSR count). The van der Waals surface area contributed by atoms with Crippen molar-refractivity contribution in [1.82, 2.24) is 0 Å². The van der Waals surface area contributed by atoms with Crippen LogP contribution in [0.3, 0.4) is 0 Å². The van der Waals surface area contributed by atoms with Crippen LogP contribution in [0.2, 0.25) is 0 Å². The summed E-state index contributed by atoms with van der Waals surface area (Å²) in [4.78, 5) is 13.3. The number of carbonyl (C=O) groups excluding carboxylic acids is 1. The number of para-hydroxylation sites is 1. The summed E-state index contributed by atoms with van der Waals surface area (Å²) in [6, 6.07) is 5.72. The Morgan fingerprint density at radius 1 is 1.14 bits per heavy atom. The van der Waals surface area contributed by atoms with E-state index in [-0.39, 0.29) is 17.5 Å². The largest absolute Gasteiger partial charge is 0.489 e. The monoisotopic (exact) mass is 532 g/mol. The lowest BCUT2D eigenvalue weighted by Crippen LogP contribution is -2.57. The van der Waals surface area contributed by atoms with Gasteiger partial charge in [0.1, 0.15) is 29.6 Å². The number of hydrogen-bond donors (Lipinski definition) is 0. The number of esters is 1. The molecule has 1 aromatic rings. The van der Waals surface area contributed by atoms with Gasteiger partial charge in [0, 0.05) is 5.41 Å². The highest BCUT2D eigenvalue weighted by molar-refractivity contribution is 14.1. The Morgan fingerprint density at radius 3 is 2.34 bits per heavy atom. The van der Waals surface area contributed by atoms with E-state index in [4.69, 9.17) is 25.8 Å². The van der Waals surface area contributed by atoms with Gasteiger partial charge in [-0.1, -0.05) is 17.7 Å². The first kappa shape index (κ1) is 21.7. The highest BCUT2D eigenvalue weighted by atomic mass is 127. The van der Waals surface area contributed by atoms with Crippen molar-refractivity contribution < 1.29 is 19.0 Å². The average Bonchev–Trinajstić information content (AvgIpc) is 2.64. The van der Waals surface area contributed by atoms with Crippen molar-refractivity contribution in [2.75, 3.05) is 19.3 Å². The van der Waals surface area contributed by atoms with Gasteiger partial charge in [-0.05, 0) is 105 Å².